The van der Waals surface area contributed by atoms with Crippen molar-refractivity contribution in [3.8, 4) is 0 Å². The Hall–Kier alpha value is -1.95. The van der Waals surface area contributed by atoms with E-state index < -0.39 is 4.92 Å². The van der Waals surface area contributed by atoms with Crippen LogP contribution in [0, 0.1) is 10.1 Å². The summed E-state index contributed by atoms with van der Waals surface area (Å²) < 4.78 is 0. The van der Waals surface area contributed by atoms with E-state index in [1.165, 1.54) is 6.07 Å². The number of nitro benzene ring substituents is 1. The number of rotatable bonds is 5. The molecule has 1 saturated heterocycles. The molecule has 1 aromatic rings. The molecule has 1 unspecified atom stereocenters. The largest absolute Gasteiger partial charge is 0.338 e. The lowest BCUT2D eigenvalue weighted by atomic mass is 10.1. The van der Waals surface area contributed by atoms with Crippen molar-refractivity contribution < 1.29 is 9.72 Å². The number of carbonyl (C=O) groups is 1. The number of carbonyl (C=O) groups excluding carboxylic acids is 1. The summed E-state index contributed by atoms with van der Waals surface area (Å²) in [5.41, 5.74) is 0.503. The number of benzene rings is 1. The molecule has 6 nitrogen and oxygen atoms in total. The quantitative estimate of drug-likeness (QED) is 0.651. The fourth-order valence-corrected chi connectivity index (χ4v) is 2.71. The smallest absolute Gasteiger partial charge is 0.273 e. The zero-order valence-electron chi connectivity index (χ0n) is 11.5. The Kier molecular flexibility index (Phi) is 4.68. The van der Waals surface area contributed by atoms with E-state index in [0.29, 0.717) is 5.56 Å². The van der Waals surface area contributed by atoms with Crippen molar-refractivity contribution in [1.29, 1.82) is 0 Å². The van der Waals surface area contributed by atoms with Gasteiger partial charge in [0.25, 0.3) is 5.69 Å². The summed E-state index contributed by atoms with van der Waals surface area (Å²) in [5.74, 6) is -0.0305. The molecular formula is C14H19N3O3. The van der Waals surface area contributed by atoms with Crippen molar-refractivity contribution in [2.45, 2.75) is 25.3 Å². The molecule has 1 atom stereocenters. The van der Waals surface area contributed by atoms with E-state index in [9.17, 15) is 14.9 Å². The molecule has 1 N–H and O–H groups in total. The maximum absolute atomic E-state index is 12.4. The number of hydrogen-bond donors (Lipinski definition) is 1. The highest BCUT2D eigenvalue weighted by molar-refractivity contribution is 5.80. The van der Waals surface area contributed by atoms with Gasteiger partial charge in [-0.2, -0.15) is 0 Å². The average Bonchev–Trinajstić information content (AvgIpc) is 2.88. The zero-order chi connectivity index (χ0) is 14.5. The molecule has 1 amide bonds. The number of para-hydroxylation sites is 1. The summed E-state index contributed by atoms with van der Waals surface area (Å²) >= 11 is 0. The minimum atomic E-state index is -0.433. The van der Waals surface area contributed by atoms with Crippen LogP contribution >= 0.6 is 0 Å². The van der Waals surface area contributed by atoms with Gasteiger partial charge in [0.2, 0.25) is 5.91 Å². The third-order valence-electron chi connectivity index (χ3n) is 3.67. The zero-order valence-corrected chi connectivity index (χ0v) is 11.5. The second-order valence-electron chi connectivity index (χ2n) is 5.00. The first-order valence-corrected chi connectivity index (χ1v) is 6.80. The molecule has 1 aliphatic heterocycles. The number of amides is 1. The standard InChI is InChI=1S/C14H19N3O3/c1-15-10-12-6-4-8-16(12)14(18)9-11-5-2-3-7-13(11)17(19)20/h2-3,5,7,12,15H,4,6,8-10H2,1H3. The molecule has 0 radical (unpaired) electrons. The van der Waals surface area contributed by atoms with Gasteiger partial charge in [0.1, 0.15) is 0 Å². The van der Waals surface area contributed by atoms with Crippen LogP contribution in [-0.4, -0.2) is 41.9 Å². The van der Waals surface area contributed by atoms with Gasteiger partial charge in [-0.1, -0.05) is 18.2 Å². The van der Waals surface area contributed by atoms with Gasteiger partial charge in [0.15, 0.2) is 0 Å². The van der Waals surface area contributed by atoms with Gasteiger partial charge in [-0.3, -0.25) is 14.9 Å². The number of nitrogens with zero attached hydrogens (tertiary/aromatic N) is 2. The van der Waals surface area contributed by atoms with E-state index in [-0.39, 0.29) is 24.1 Å². The summed E-state index contributed by atoms with van der Waals surface area (Å²) in [6, 6.07) is 6.64. The topological polar surface area (TPSA) is 75.5 Å². The van der Waals surface area contributed by atoms with Crippen LogP contribution in [0.2, 0.25) is 0 Å². The Morgan fingerprint density at radius 1 is 1.50 bits per heavy atom. The van der Waals surface area contributed by atoms with Crippen molar-refractivity contribution in [2.24, 2.45) is 0 Å². The van der Waals surface area contributed by atoms with Crippen molar-refractivity contribution in [3.05, 3.63) is 39.9 Å². The summed E-state index contributed by atoms with van der Waals surface area (Å²) in [7, 11) is 1.86. The first-order chi connectivity index (χ1) is 9.63. The number of likely N-dealkylation sites (tertiary alicyclic amines) is 1. The van der Waals surface area contributed by atoms with Gasteiger partial charge >= 0.3 is 0 Å². The highest BCUT2D eigenvalue weighted by atomic mass is 16.6. The number of likely N-dealkylation sites (N-methyl/N-ethyl adjacent to an activating group) is 1. The third-order valence-corrected chi connectivity index (χ3v) is 3.67. The highest BCUT2D eigenvalue weighted by Gasteiger charge is 2.29. The van der Waals surface area contributed by atoms with Crippen molar-refractivity contribution in [2.75, 3.05) is 20.1 Å². The van der Waals surface area contributed by atoms with Gasteiger partial charge in [0.05, 0.1) is 11.3 Å². The fraction of sp³-hybridized carbons (Fsp3) is 0.500. The lowest BCUT2D eigenvalue weighted by Gasteiger charge is -2.24. The molecule has 0 saturated carbocycles. The molecule has 0 bridgehead atoms. The summed E-state index contributed by atoms with van der Waals surface area (Å²) in [5, 5.41) is 14.0. The van der Waals surface area contributed by atoms with Crippen LogP contribution in [0.15, 0.2) is 24.3 Å². The summed E-state index contributed by atoms with van der Waals surface area (Å²) in [6.07, 6.45) is 2.08. The Morgan fingerprint density at radius 3 is 2.95 bits per heavy atom. The van der Waals surface area contributed by atoms with Gasteiger partial charge in [-0.15, -0.1) is 0 Å². The second kappa shape index (κ2) is 6.47. The molecule has 108 valence electrons. The van der Waals surface area contributed by atoms with E-state index in [1.807, 2.05) is 11.9 Å². The minimum absolute atomic E-state index is 0.0187. The first-order valence-electron chi connectivity index (χ1n) is 6.80. The molecule has 6 heteroatoms. The summed E-state index contributed by atoms with van der Waals surface area (Å²) in [4.78, 5) is 24.7. The van der Waals surface area contributed by atoms with Crippen LogP contribution in [0.3, 0.4) is 0 Å². The van der Waals surface area contributed by atoms with Crippen LogP contribution in [0.25, 0.3) is 0 Å². The van der Waals surface area contributed by atoms with E-state index in [0.717, 1.165) is 25.9 Å². The Bertz CT molecular complexity index is 504. The van der Waals surface area contributed by atoms with E-state index in [4.69, 9.17) is 0 Å². The van der Waals surface area contributed by atoms with E-state index >= 15 is 0 Å². The average molecular weight is 277 g/mol. The van der Waals surface area contributed by atoms with Crippen molar-refractivity contribution in [1.82, 2.24) is 10.2 Å². The van der Waals surface area contributed by atoms with Crippen LogP contribution in [-0.2, 0) is 11.2 Å². The minimum Gasteiger partial charge on any atom is -0.338 e. The normalized spacial score (nSPS) is 18.2. The Morgan fingerprint density at radius 2 is 2.25 bits per heavy atom. The molecule has 20 heavy (non-hydrogen) atoms. The van der Waals surface area contributed by atoms with Crippen LogP contribution in [0.1, 0.15) is 18.4 Å². The molecule has 1 fully saturated rings. The maximum atomic E-state index is 12.4. The lowest BCUT2D eigenvalue weighted by Crippen LogP contribution is -2.41. The van der Waals surface area contributed by atoms with Crippen LogP contribution < -0.4 is 5.32 Å². The number of hydrogen-bond acceptors (Lipinski definition) is 4. The molecule has 1 heterocycles. The highest BCUT2D eigenvalue weighted by Crippen LogP contribution is 2.22. The second-order valence-corrected chi connectivity index (χ2v) is 5.00. The van der Waals surface area contributed by atoms with Crippen LogP contribution in [0.5, 0.6) is 0 Å². The molecule has 0 spiro atoms. The fourth-order valence-electron chi connectivity index (χ4n) is 2.71. The maximum Gasteiger partial charge on any atom is 0.273 e. The Balaban J connectivity index is 2.10. The van der Waals surface area contributed by atoms with Gasteiger partial charge < -0.3 is 10.2 Å². The number of nitro groups is 1. The summed E-state index contributed by atoms with van der Waals surface area (Å²) in [6.45, 7) is 1.51. The molecule has 1 aromatic carbocycles. The molecule has 1 aliphatic rings. The van der Waals surface area contributed by atoms with E-state index in [2.05, 4.69) is 5.32 Å². The molecule has 0 aromatic heterocycles. The lowest BCUT2D eigenvalue weighted by molar-refractivity contribution is -0.385. The molecular weight excluding hydrogens is 258 g/mol. The molecule has 2 rings (SSSR count). The predicted octanol–water partition coefficient (Wildman–Crippen LogP) is 1.35. The predicted molar refractivity (Wildman–Crippen MR) is 75.5 cm³/mol. The third kappa shape index (κ3) is 3.14. The Labute approximate surface area is 117 Å². The van der Waals surface area contributed by atoms with Gasteiger partial charge in [-0.05, 0) is 19.9 Å². The van der Waals surface area contributed by atoms with Crippen LogP contribution in [0.4, 0.5) is 5.69 Å². The first kappa shape index (κ1) is 14.5. The van der Waals surface area contributed by atoms with Crippen molar-refractivity contribution in [3.63, 3.8) is 0 Å². The van der Waals surface area contributed by atoms with Gasteiger partial charge in [0, 0.05) is 30.8 Å². The van der Waals surface area contributed by atoms with Gasteiger partial charge in [-0.25, -0.2) is 0 Å². The number of nitrogens with one attached hydrogen (secondary N) is 1. The molecule has 0 aliphatic carbocycles. The van der Waals surface area contributed by atoms with E-state index in [1.54, 1.807) is 18.2 Å². The monoisotopic (exact) mass is 277 g/mol. The SMILES string of the molecule is CNCC1CCCN1C(=O)Cc1ccccc1[N+](=O)[O-]. The van der Waals surface area contributed by atoms with Crippen molar-refractivity contribution >= 4 is 11.6 Å².